The fraction of sp³-hybridized carbons (Fsp3) is 0.667. The van der Waals surface area contributed by atoms with Crippen LogP contribution in [0.2, 0.25) is 0 Å². The molecule has 1 unspecified atom stereocenters. The molecule has 4 nitrogen and oxygen atoms in total. The van der Waals surface area contributed by atoms with Crippen molar-refractivity contribution >= 4 is 11.8 Å². The average Bonchev–Trinajstić information content (AvgIpc) is 2.96. The first kappa shape index (κ1) is 12.7. The van der Waals surface area contributed by atoms with Crippen LogP contribution >= 0.6 is 0 Å². The molecule has 0 aliphatic heterocycles. The predicted octanol–water partition coefficient (Wildman–Crippen LogP) is 0.969. The van der Waals surface area contributed by atoms with Gasteiger partial charge in [-0.1, -0.05) is 19.9 Å². The van der Waals surface area contributed by atoms with E-state index in [9.17, 15) is 9.59 Å². The van der Waals surface area contributed by atoms with Crippen molar-refractivity contribution in [3.63, 3.8) is 0 Å². The summed E-state index contributed by atoms with van der Waals surface area (Å²) in [6, 6.07) is -0.503. The van der Waals surface area contributed by atoms with Crippen LogP contribution in [0.15, 0.2) is 12.7 Å². The Hall–Kier alpha value is -1.32. The van der Waals surface area contributed by atoms with Gasteiger partial charge in [0.1, 0.15) is 6.04 Å². The van der Waals surface area contributed by atoms with E-state index in [-0.39, 0.29) is 11.8 Å². The summed E-state index contributed by atoms with van der Waals surface area (Å²) in [5, 5.41) is 2.74. The lowest BCUT2D eigenvalue weighted by molar-refractivity contribution is -0.133. The number of primary amides is 1. The molecule has 0 heterocycles. The van der Waals surface area contributed by atoms with E-state index >= 15 is 0 Å². The molecule has 0 aromatic rings. The second-order valence-corrected chi connectivity index (χ2v) is 5.07. The van der Waals surface area contributed by atoms with Crippen molar-refractivity contribution in [2.45, 2.75) is 39.2 Å². The van der Waals surface area contributed by atoms with Crippen molar-refractivity contribution < 1.29 is 9.59 Å². The van der Waals surface area contributed by atoms with Crippen LogP contribution in [0.1, 0.15) is 33.1 Å². The molecule has 90 valence electrons. The zero-order valence-electron chi connectivity index (χ0n) is 9.95. The number of amides is 2. The van der Waals surface area contributed by atoms with Gasteiger partial charge in [0.25, 0.3) is 0 Å². The molecular formula is C12H20N2O2. The van der Waals surface area contributed by atoms with E-state index < -0.39 is 17.4 Å². The summed E-state index contributed by atoms with van der Waals surface area (Å²) >= 11 is 0. The Balaban J connectivity index is 2.60. The Morgan fingerprint density at radius 3 is 2.50 bits per heavy atom. The lowest BCUT2D eigenvalue weighted by Gasteiger charge is -2.25. The molecule has 3 N–H and O–H groups in total. The van der Waals surface area contributed by atoms with Gasteiger partial charge in [-0.2, -0.15) is 0 Å². The maximum Gasteiger partial charge on any atom is 0.240 e. The fourth-order valence-electron chi connectivity index (χ4n) is 1.64. The minimum absolute atomic E-state index is 0.136. The second-order valence-electron chi connectivity index (χ2n) is 5.07. The molecule has 1 rings (SSSR count). The fourth-order valence-corrected chi connectivity index (χ4v) is 1.64. The number of hydrogen-bond acceptors (Lipinski definition) is 2. The van der Waals surface area contributed by atoms with E-state index in [1.165, 1.54) is 0 Å². The van der Waals surface area contributed by atoms with Crippen molar-refractivity contribution in [1.82, 2.24) is 5.32 Å². The molecule has 0 aromatic carbocycles. The normalized spacial score (nSPS) is 17.6. The van der Waals surface area contributed by atoms with Crippen molar-refractivity contribution in [3.05, 3.63) is 12.7 Å². The number of carbonyl (C=O) groups is 2. The van der Waals surface area contributed by atoms with Crippen LogP contribution in [0.25, 0.3) is 0 Å². The van der Waals surface area contributed by atoms with Crippen LogP contribution in [0.3, 0.4) is 0 Å². The van der Waals surface area contributed by atoms with Crippen LogP contribution in [-0.4, -0.2) is 17.9 Å². The molecular weight excluding hydrogens is 204 g/mol. The first-order chi connectivity index (χ1) is 7.38. The van der Waals surface area contributed by atoms with Gasteiger partial charge < -0.3 is 11.1 Å². The molecule has 0 saturated heterocycles. The number of carbonyl (C=O) groups excluding carboxylic acids is 2. The summed E-state index contributed by atoms with van der Waals surface area (Å²) in [5.74, 6) is -0.339. The predicted molar refractivity (Wildman–Crippen MR) is 62.4 cm³/mol. The highest BCUT2D eigenvalue weighted by Gasteiger charge is 2.38. The molecule has 1 aliphatic carbocycles. The number of nitrogens with one attached hydrogen (secondary N) is 1. The summed E-state index contributed by atoms with van der Waals surface area (Å²) in [7, 11) is 0. The minimum Gasteiger partial charge on any atom is -0.368 e. The Bertz CT molecular complexity index is 306. The van der Waals surface area contributed by atoms with Gasteiger partial charge in [-0.25, -0.2) is 0 Å². The zero-order valence-corrected chi connectivity index (χ0v) is 9.95. The van der Waals surface area contributed by atoms with E-state index in [2.05, 4.69) is 11.9 Å². The molecule has 4 heteroatoms. The van der Waals surface area contributed by atoms with Crippen molar-refractivity contribution in [3.8, 4) is 0 Å². The Morgan fingerprint density at radius 1 is 1.56 bits per heavy atom. The van der Waals surface area contributed by atoms with E-state index in [4.69, 9.17) is 5.73 Å². The lowest BCUT2D eigenvalue weighted by Crippen LogP contribution is -2.50. The summed E-state index contributed by atoms with van der Waals surface area (Å²) in [4.78, 5) is 23.1. The molecule has 0 spiro atoms. The third-order valence-electron chi connectivity index (χ3n) is 2.96. The first-order valence-electron chi connectivity index (χ1n) is 5.59. The lowest BCUT2D eigenvalue weighted by atomic mass is 9.88. The Morgan fingerprint density at radius 2 is 2.12 bits per heavy atom. The van der Waals surface area contributed by atoms with Gasteiger partial charge in [-0.15, -0.1) is 6.58 Å². The Kier molecular flexibility index (Phi) is 3.73. The second kappa shape index (κ2) is 4.68. The minimum atomic E-state index is -0.537. The molecule has 1 fully saturated rings. The van der Waals surface area contributed by atoms with E-state index in [1.807, 2.05) is 13.8 Å². The zero-order chi connectivity index (χ0) is 12.3. The average molecular weight is 224 g/mol. The summed E-state index contributed by atoms with van der Waals surface area (Å²) in [6.45, 7) is 7.28. The van der Waals surface area contributed by atoms with Crippen molar-refractivity contribution in [2.75, 3.05) is 0 Å². The highest BCUT2D eigenvalue weighted by atomic mass is 16.2. The highest BCUT2D eigenvalue weighted by Crippen LogP contribution is 2.33. The highest BCUT2D eigenvalue weighted by molar-refractivity contribution is 5.89. The van der Waals surface area contributed by atoms with Crippen LogP contribution in [-0.2, 0) is 9.59 Å². The SMILES string of the molecule is C=CCC(C)(C)C(=O)NC(C(N)=O)C1CC1. The third kappa shape index (κ3) is 3.08. The van der Waals surface area contributed by atoms with Crippen LogP contribution < -0.4 is 11.1 Å². The van der Waals surface area contributed by atoms with E-state index in [0.717, 1.165) is 12.8 Å². The van der Waals surface area contributed by atoms with Gasteiger partial charge in [0, 0.05) is 5.41 Å². The topological polar surface area (TPSA) is 72.2 Å². The monoisotopic (exact) mass is 224 g/mol. The van der Waals surface area contributed by atoms with Gasteiger partial charge in [0.2, 0.25) is 11.8 Å². The van der Waals surface area contributed by atoms with Gasteiger partial charge in [-0.05, 0) is 25.2 Å². The smallest absolute Gasteiger partial charge is 0.240 e. The van der Waals surface area contributed by atoms with Gasteiger partial charge in [-0.3, -0.25) is 9.59 Å². The molecule has 0 radical (unpaired) electrons. The largest absolute Gasteiger partial charge is 0.368 e. The van der Waals surface area contributed by atoms with Gasteiger partial charge in [0.05, 0.1) is 0 Å². The molecule has 0 aromatic heterocycles. The quantitative estimate of drug-likeness (QED) is 0.660. The van der Waals surface area contributed by atoms with Gasteiger partial charge in [0.15, 0.2) is 0 Å². The maximum atomic E-state index is 11.9. The van der Waals surface area contributed by atoms with E-state index in [0.29, 0.717) is 6.42 Å². The third-order valence-corrected chi connectivity index (χ3v) is 2.96. The number of hydrogen-bond donors (Lipinski definition) is 2. The standard InChI is InChI=1S/C12H20N2O2/c1-4-7-12(2,3)11(16)14-9(10(13)15)8-5-6-8/h4,8-9H,1,5-7H2,2-3H3,(H2,13,15)(H,14,16). The molecule has 16 heavy (non-hydrogen) atoms. The maximum absolute atomic E-state index is 11.9. The van der Waals surface area contributed by atoms with Gasteiger partial charge >= 0.3 is 0 Å². The summed E-state index contributed by atoms with van der Waals surface area (Å²) in [5.41, 5.74) is 4.73. The summed E-state index contributed by atoms with van der Waals surface area (Å²) in [6.07, 6.45) is 4.22. The summed E-state index contributed by atoms with van der Waals surface area (Å²) < 4.78 is 0. The van der Waals surface area contributed by atoms with Crippen molar-refractivity contribution in [2.24, 2.45) is 17.1 Å². The first-order valence-corrected chi connectivity index (χ1v) is 5.59. The van der Waals surface area contributed by atoms with Crippen molar-refractivity contribution in [1.29, 1.82) is 0 Å². The van der Waals surface area contributed by atoms with Crippen LogP contribution in [0.5, 0.6) is 0 Å². The van der Waals surface area contributed by atoms with Crippen LogP contribution in [0.4, 0.5) is 0 Å². The molecule has 1 aliphatic rings. The number of allylic oxidation sites excluding steroid dienone is 1. The number of rotatable bonds is 6. The molecule has 1 saturated carbocycles. The Labute approximate surface area is 96.3 Å². The molecule has 2 amide bonds. The van der Waals surface area contributed by atoms with Crippen LogP contribution in [0, 0.1) is 11.3 Å². The van der Waals surface area contributed by atoms with E-state index in [1.54, 1.807) is 6.08 Å². The molecule has 0 bridgehead atoms. The molecule has 1 atom stereocenters. The number of nitrogens with two attached hydrogens (primary N) is 1.